The molecule has 0 fully saturated rings. The average molecular weight is 195 g/mol. The second-order valence-electron chi connectivity index (χ2n) is 4.06. The van der Waals surface area contributed by atoms with Crippen molar-refractivity contribution in [2.24, 2.45) is 0 Å². The van der Waals surface area contributed by atoms with Crippen molar-refractivity contribution in [1.29, 1.82) is 0 Å². The quantitative estimate of drug-likeness (QED) is 0.671. The zero-order chi connectivity index (χ0) is 10.7. The van der Waals surface area contributed by atoms with Crippen LogP contribution in [0.1, 0.15) is 25.3 Å². The molecule has 1 radical (unpaired) electrons. The highest BCUT2D eigenvalue weighted by Gasteiger charge is 2.00. The standard InChI is InChI=1S/C15H15/c1-12(2)13-8-10-15(11-9-13)14-6-4-3-5-7-14/h3-10,12H,1-2H3. The van der Waals surface area contributed by atoms with Crippen LogP contribution < -0.4 is 0 Å². The SMILES string of the molecule is CC(C)c1c[c]c(-c2ccccc2)cc1. The minimum atomic E-state index is 0.575. The van der Waals surface area contributed by atoms with Crippen LogP contribution in [0.25, 0.3) is 11.1 Å². The van der Waals surface area contributed by atoms with Gasteiger partial charge in [0.05, 0.1) is 0 Å². The Morgan fingerprint density at radius 3 is 2.20 bits per heavy atom. The molecule has 0 unspecified atom stereocenters. The van der Waals surface area contributed by atoms with E-state index in [4.69, 9.17) is 0 Å². The van der Waals surface area contributed by atoms with E-state index in [-0.39, 0.29) is 0 Å². The molecule has 0 nitrogen and oxygen atoms in total. The lowest BCUT2D eigenvalue weighted by Crippen LogP contribution is -1.86. The molecule has 0 saturated carbocycles. The van der Waals surface area contributed by atoms with Gasteiger partial charge in [-0.25, -0.2) is 0 Å². The van der Waals surface area contributed by atoms with Crippen molar-refractivity contribution >= 4 is 0 Å². The zero-order valence-corrected chi connectivity index (χ0v) is 9.20. The molecule has 0 spiro atoms. The normalized spacial score (nSPS) is 10.6. The van der Waals surface area contributed by atoms with E-state index in [0.29, 0.717) is 5.92 Å². The van der Waals surface area contributed by atoms with Gasteiger partial charge in [-0.1, -0.05) is 62.4 Å². The first-order valence-electron chi connectivity index (χ1n) is 5.34. The van der Waals surface area contributed by atoms with Gasteiger partial charge < -0.3 is 0 Å². The topological polar surface area (TPSA) is 0 Å². The molecule has 0 saturated heterocycles. The van der Waals surface area contributed by atoms with Crippen molar-refractivity contribution in [1.82, 2.24) is 0 Å². The van der Waals surface area contributed by atoms with Crippen LogP contribution in [-0.2, 0) is 0 Å². The third-order valence-electron chi connectivity index (χ3n) is 2.59. The largest absolute Gasteiger partial charge is 0.0622 e. The molecule has 0 aliphatic rings. The molecule has 0 heterocycles. The van der Waals surface area contributed by atoms with Crippen LogP contribution in [0.5, 0.6) is 0 Å². The summed E-state index contributed by atoms with van der Waals surface area (Å²) >= 11 is 0. The summed E-state index contributed by atoms with van der Waals surface area (Å²) in [5, 5.41) is 0. The van der Waals surface area contributed by atoms with E-state index >= 15 is 0 Å². The molecule has 2 rings (SSSR count). The van der Waals surface area contributed by atoms with E-state index < -0.39 is 0 Å². The maximum atomic E-state index is 3.33. The predicted molar refractivity (Wildman–Crippen MR) is 64.8 cm³/mol. The highest BCUT2D eigenvalue weighted by molar-refractivity contribution is 5.62. The van der Waals surface area contributed by atoms with Crippen LogP contribution in [-0.4, -0.2) is 0 Å². The fourth-order valence-electron chi connectivity index (χ4n) is 1.59. The van der Waals surface area contributed by atoms with Crippen molar-refractivity contribution < 1.29 is 0 Å². The van der Waals surface area contributed by atoms with Gasteiger partial charge in [-0.2, -0.15) is 0 Å². The Morgan fingerprint density at radius 2 is 1.67 bits per heavy atom. The predicted octanol–water partition coefficient (Wildman–Crippen LogP) is 4.28. The highest BCUT2D eigenvalue weighted by atomic mass is 14.0. The molecular weight excluding hydrogens is 180 g/mol. The van der Waals surface area contributed by atoms with Gasteiger partial charge in [0.15, 0.2) is 0 Å². The van der Waals surface area contributed by atoms with Gasteiger partial charge in [0, 0.05) is 0 Å². The zero-order valence-electron chi connectivity index (χ0n) is 9.20. The summed E-state index contributed by atoms with van der Waals surface area (Å²) in [6, 6.07) is 20.1. The van der Waals surface area contributed by atoms with Gasteiger partial charge in [0.2, 0.25) is 0 Å². The third-order valence-corrected chi connectivity index (χ3v) is 2.59. The van der Waals surface area contributed by atoms with Gasteiger partial charge in [-0.3, -0.25) is 0 Å². The van der Waals surface area contributed by atoms with Crippen LogP contribution >= 0.6 is 0 Å². The first kappa shape index (κ1) is 9.97. The van der Waals surface area contributed by atoms with Gasteiger partial charge in [-0.05, 0) is 28.7 Å². The minimum absolute atomic E-state index is 0.575. The second kappa shape index (κ2) is 4.31. The van der Waals surface area contributed by atoms with Gasteiger partial charge in [0.25, 0.3) is 0 Å². The number of benzene rings is 2. The molecule has 75 valence electrons. The Balaban J connectivity index is 2.32. The first-order chi connectivity index (χ1) is 7.27. The van der Waals surface area contributed by atoms with E-state index in [1.807, 2.05) is 6.07 Å². The van der Waals surface area contributed by atoms with Crippen LogP contribution in [0.3, 0.4) is 0 Å². The van der Waals surface area contributed by atoms with E-state index in [9.17, 15) is 0 Å². The number of hydrogen-bond acceptors (Lipinski definition) is 0. The van der Waals surface area contributed by atoms with Gasteiger partial charge in [-0.15, -0.1) is 0 Å². The first-order valence-corrected chi connectivity index (χ1v) is 5.34. The number of rotatable bonds is 2. The van der Waals surface area contributed by atoms with Crippen LogP contribution in [0.2, 0.25) is 0 Å². The molecule has 2 aromatic rings. The third kappa shape index (κ3) is 2.27. The molecule has 0 aliphatic carbocycles. The van der Waals surface area contributed by atoms with Crippen LogP contribution in [0.4, 0.5) is 0 Å². The molecule has 15 heavy (non-hydrogen) atoms. The fourth-order valence-corrected chi connectivity index (χ4v) is 1.59. The molecular formula is C15H15. The lowest BCUT2D eigenvalue weighted by atomic mass is 9.99. The van der Waals surface area contributed by atoms with Crippen molar-refractivity contribution in [2.75, 3.05) is 0 Å². The lowest BCUT2D eigenvalue weighted by molar-refractivity contribution is 0.866. The summed E-state index contributed by atoms with van der Waals surface area (Å²) in [5.74, 6) is 0.575. The summed E-state index contributed by atoms with van der Waals surface area (Å²) in [6.45, 7) is 4.40. The Hall–Kier alpha value is -1.56. The van der Waals surface area contributed by atoms with Gasteiger partial charge in [0.1, 0.15) is 0 Å². The summed E-state index contributed by atoms with van der Waals surface area (Å²) in [7, 11) is 0. The van der Waals surface area contributed by atoms with Crippen LogP contribution in [0.15, 0.2) is 48.5 Å². The molecule has 0 aromatic heterocycles. The van der Waals surface area contributed by atoms with Crippen molar-refractivity contribution in [2.45, 2.75) is 19.8 Å². The molecule has 0 amide bonds. The van der Waals surface area contributed by atoms with E-state index in [1.165, 1.54) is 16.7 Å². The molecule has 0 N–H and O–H groups in total. The molecule has 0 heteroatoms. The molecule has 0 atom stereocenters. The summed E-state index contributed by atoms with van der Waals surface area (Å²) in [4.78, 5) is 0. The average Bonchev–Trinajstić information content (AvgIpc) is 2.30. The Labute approximate surface area is 91.6 Å². The second-order valence-corrected chi connectivity index (χ2v) is 4.06. The molecule has 2 aromatic carbocycles. The maximum absolute atomic E-state index is 3.33. The highest BCUT2D eigenvalue weighted by Crippen LogP contribution is 2.21. The lowest BCUT2D eigenvalue weighted by Gasteiger charge is -2.06. The van der Waals surface area contributed by atoms with E-state index in [1.54, 1.807) is 0 Å². The fraction of sp³-hybridized carbons (Fsp3) is 0.200. The Morgan fingerprint density at radius 1 is 0.933 bits per heavy atom. The monoisotopic (exact) mass is 195 g/mol. The molecule has 0 bridgehead atoms. The minimum Gasteiger partial charge on any atom is -0.0622 e. The van der Waals surface area contributed by atoms with E-state index in [0.717, 1.165) is 0 Å². The number of hydrogen-bond donors (Lipinski definition) is 0. The van der Waals surface area contributed by atoms with Crippen molar-refractivity contribution in [3.8, 4) is 11.1 Å². The molecule has 0 aliphatic heterocycles. The summed E-state index contributed by atoms with van der Waals surface area (Å²) in [6.07, 6.45) is 0. The van der Waals surface area contributed by atoms with E-state index in [2.05, 4.69) is 62.4 Å². The smallest absolute Gasteiger partial charge is 0.00962 e. The summed E-state index contributed by atoms with van der Waals surface area (Å²) in [5.41, 5.74) is 3.74. The van der Waals surface area contributed by atoms with Crippen LogP contribution in [0, 0.1) is 6.07 Å². The summed E-state index contributed by atoms with van der Waals surface area (Å²) < 4.78 is 0. The Bertz CT molecular complexity index is 410. The Kier molecular flexibility index (Phi) is 2.86. The van der Waals surface area contributed by atoms with Crippen molar-refractivity contribution in [3.05, 3.63) is 60.2 Å². The van der Waals surface area contributed by atoms with Crippen molar-refractivity contribution in [3.63, 3.8) is 0 Å². The maximum Gasteiger partial charge on any atom is -0.00962 e. The van der Waals surface area contributed by atoms with Gasteiger partial charge >= 0.3 is 0 Å².